The summed E-state index contributed by atoms with van der Waals surface area (Å²) in [6, 6.07) is 16.6. The predicted octanol–water partition coefficient (Wildman–Crippen LogP) is 6.38. The fourth-order valence-electron chi connectivity index (χ4n) is 6.45. The number of ether oxygens (including phenoxy) is 1. The SMILES string of the molecule is COc1ccc([C@H]2CC[C@H](CN(c3cccc(-c4ccc(N(C)C)nc4)c3)C(=O)[C@H]3CC[C@H](O)CC3)CC2)nc1C. The predicted molar refractivity (Wildman–Crippen MR) is 165 cm³/mol. The van der Waals surface area contributed by atoms with Crippen molar-refractivity contribution in [3.63, 3.8) is 0 Å². The molecule has 5 rings (SSSR count). The van der Waals surface area contributed by atoms with Crippen LogP contribution in [0.25, 0.3) is 11.1 Å². The van der Waals surface area contributed by atoms with Crippen molar-refractivity contribution >= 4 is 17.4 Å². The van der Waals surface area contributed by atoms with Crippen LogP contribution in [-0.2, 0) is 4.79 Å². The number of anilines is 2. The van der Waals surface area contributed by atoms with Crippen molar-refractivity contribution in [2.24, 2.45) is 11.8 Å². The van der Waals surface area contributed by atoms with Gasteiger partial charge in [0, 0.05) is 55.6 Å². The summed E-state index contributed by atoms with van der Waals surface area (Å²) in [5, 5.41) is 10.1. The fourth-order valence-corrected chi connectivity index (χ4v) is 6.45. The van der Waals surface area contributed by atoms with Crippen molar-refractivity contribution < 1.29 is 14.6 Å². The smallest absolute Gasteiger partial charge is 0.230 e. The van der Waals surface area contributed by atoms with Gasteiger partial charge in [0.2, 0.25) is 5.91 Å². The van der Waals surface area contributed by atoms with Crippen LogP contribution in [0.2, 0.25) is 0 Å². The van der Waals surface area contributed by atoms with Crippen LogP contribution in [0.3, 0.4) is 0 Å². The molecule has 41 heavy (non-hydrogen) atoms. The van der Waals surface area contributed by atoms with E-state index in [1.165, 1.54) is 0 Å². The Morgan fingerprint density at radius 1 is 0.951 bits per heavy atom. The minimum atomic E-state index is -0.279. The van der Waals surface area contributed by atoms with Gasteiger partial charge in [0.25, 0.3) is 0 Å². The molecule has 2 aliphatic rings. The van der Waals surface area contributed by atoms with E-state index in [4.69, 9.17) is 9.72 Å². The third-order valence-corrected chi connectivity index (χ3v) is 8.99. The molecule has 0 unspecified atom stereocenters. The number of aryl methyl sites for hydroxylation is 1. The number of nitrogens with zero attached hydrogens (tertiary/aromatic N) is 4. The number of carbonyl (C=O) groups excluding carboxylic acids is 1. The summed E-state index contributed by atoms with van der Waals surface area (Å²) < 4.78 is 5.40. The molecule has 3 aromatic rings. The molecule has 1 N–H and O–H groups in total. The number of benzene rings is 1. The number of pyridine rings is 2. The van der Waals surface area contributed by atoms with E-state index in [-0.39, 0.29) is 17.9 Å². The Hall–Kier alpha value is -3.45. The highest BCUT2D eigenvalue weighted by molar-refractivity contribution is 5.95. The van der Waals surface area contributed by atoms with Gasteiger partial charge in [0.15, 0.2) is 0 Å². The highest BCUT2D eigenvalue weighted by Crippen LogP contribution is 2.38. The van der Waals surface area contributed by atoms with Crippen molar-refractivity contribution in [2.45, 2.75) is 70.3 Å². The molecule has 0 atom stereocenters. The number of amides is 1. The van der Waals surface area contributed by atoms with Crippen molar-refractivity contribution in [1.82, 2.24) is 9.97 Å². The van der Waals surface area contributed by atoms with Crippen LogP contribution >= 0.6 is 0 Å². The van der Waals surface area contributed by atoms with Gasteiger partial charge < -0.3 is 19.6 Å². The van der Waals surface area contributed by atoms with Gasteiger partial charge in [0.05, 0.1) is 18.9 Å². The largest absolute Gasteiger partial charge is 0.495 e. The molecule has 2 aromatic heterocycles. The molecule has 0 saturated heterocycles. The number of hydrogen-bond donors (Lipinski definition) is 1. The summed E-state index contributed by atoms with van der Waals surface area (Å²) in [4.78, 5) is 27.5. The molecule has 2 fully saturated rings. The quantitative estimate of drug-likeness (QED) is 0.347. The number of methoxy groups -OCH3 is 1. The zero-order chi connectivity index (χ0) is 28.9. The van der Waals surface area contributed by atoms with E-state index in [0.717, 1.165) is 84.8 Å². The fraction of sp³-hybridized carbons (Fsp3) is 0.500. The molecule has 0 spiro atoms. The number of carbonyl (C=O) groups is 1. The monoisotopic (exact) mass is 556 g/mol. The molecular weight excluding hydrogens is 512 g/mol. The lowest BCUT2D eigenvalue weighted by atomic mass is 9.79. The van der Waals surface area contributed by atoms with Gasteiger partial charge in [-0.05, 0) is 106 Å². The second kappa shape index (κ2) is 13.0. The number of aliphatic hydroxyl groups is 1. The molecule has 0 aliphatic heterocycles. The molecule has 218 valence electrons. The zero-order valence-electron chi connectivity index (χ0n) is 24.9. The normalized spacial score (nSPS) is 22.7. The average Bonchev–Trinajstić information content (AvgIpc) is 3.00. The second-order valence-electron chi connectivity index (χ2n) is 12.0. The van der Waals surface area contributed by atoms with Gasteiger partial charge in [-0.15, -0.1) is 0 Å². The van der Waals surface area contributed by atoms with E-state index in [9.17, 15) is 9.90 Å². The summed E-state index contributed by atoms with van der Waals surface area (Å²) in [7, 11) is 5.65. The Morgan fingerprint density at radius 3 is 2.34 bits per heavy atom. The van der Waals surface area contributed by atoms with E-state index in [2.05, 4.69) is 35.3 Å². The average molecular weight is 557 g/mol. The van der Waals surface area contributed by atoms with Gasteiger partial charge >= 0.3 is 0 Å². The highest BCUT2D eigenvalue weighted by atomic mass is 16.5. The Kier molecular flexibility index (Phi) is 9.23. The maximum absolute atomic E-state index is 14.0. The van der Waals surface area contributed by atoms with Gasteiger partial charge in [0.1, 0.15) is 11.6 Å². The summed E-state index contributed by atoms with van der Waals surface area (Å²) in [5.74, 6) is 2.79. The van der Waals surface area contributed by atoms with Gasteiger partial charge in [-0.25, -0.2) is 4.98 Å². The number of rotatable bonds is 8. The minimum absolute atomic E-state index is 0.0362. The summed E-state index contributed by atoms with van der Waals surface area (Å²) in [6.45, 7) is 2.73. The lowest BCUT2D eigenvalue weighted by molar-refractivity contribution is -0.124. The first kappa shape index (κ1) is 29.1. The number of hydrogen-bond acceptors (Lipinski definition) is 6. The van der Waals surface area contributed by atoms with Crippen LogP contribution in [-0.4, -0.2) is 54.8 Å². The van der Waals surface area contributed by atoms with Crippen molar-refractivity contribution in [1.29, 1.82) is 0 Å². The van der Waals surface area contributed by atoms with Crippen molar-refractivity contribution in [2.75, 3.05) is 37.5 Å². The number of aromatic nitrogens is 2. The van der Waals surface area contributed by atoms with E-state index < -0.39 is 0 Å². The van der Waals surface area contributed by atoms with Crippen LogP contribution in [0.5, 0.6) is 5.75 Å². The Labute approximate surface area is 244 Å². The Bertz CT molecular complexity index is 1310. The molecular formula is C34H44N4O3. The topological polar surface area (TPSA) is 78.8 Å². The maximum atomic E-state index is 14.0. The zero-order valence-corrected chi connectivity index (χ0v) is 24.9. The summed E-state index contributed by atoms with van der Waals surface area (Å²) in [6.07, 6.45) is 8.82. The summed E-state index contributed by atoms with van der Waals surface area (Å²) >= 11 is 0. The van der Waals surface area contributed by atoms with Crippen LogP contribution in [0.4, 0.5) is 11.5 Å². The first-order valence-electron chi connectivity index (χ1n) is 15.1. The standard InChI is InChI=1S/C34H44N4O3/c1-23-32(41-4)18-17-31(36-23)25-10-8-24(9-11-25)22-38(34(40)26-12-15-30(39)16-13-26)29-7-5-6-27(20-29)28-14-19-33(35-21-28)37(2)3/h5-7,14,17-21,24-26,30,39H,8-13,15-16,22H2,1-4H3/t24-,25-,26-,30-. The van der Waals surface area contributed by atoms with Crippen LogP contribution in [0.15, 0.2) is 54.7 Å². The molecule has 1 aromatic carbocycles. The van der Waals surface area contributed by atoms with Crippen molar-refractivity contribution in [3.8, 4) is 16.9 Å². The van der Waals surface area contributed by atoms with E-state index in [0.29, 0.717) is 24.7 Å². The minimum Gasteiger partial charge on any atom is -0.495 e. The Balaban J connectivity index is 1.34. The molecule has 0 radical (unpaired) electrons. The second-order valence-corrected chi connectivity index (χ2v) is 12.0. The highest BCUT2D eigenvalue weighted by Gasteiger charge is 2.32. The molecule has 2 heterocycles. The van der Waals surface area contributed by atoms with Crippen molar-refractivity contribution in [3.05, 3.63) is 66.1 Å². The van der Waals surface area contributed by atoms with Crippen LogP contribution in [0.1, 0.15) is 68.7 Å². The van der Waals surface area contributed by atoms with Crippen LogP contribution in [0, 0.1) is 18.8 Å². The van der Waals surface area contributed by atoms with Crippen LogP contribution < -0.4 is 14.5 Å². The number of aliphatic hydroxyl groups excluding tert-OH is 1. The first-order chi connectivity index (χ1) is 19.8. The molecule has 2 saturated carbocycles. The molecule has 7 heteroatoms. The summed E-state index contributed by atoms with van der Waals surface area (Å²) in [5.41, 5.74) is 5.13. The lowest BCUT2D eigenvalue weighted by Crippen LogP contribution is -2.41. The van der Waals surface area contributed by atoms with Gasteiger partial charge in [-0.3, -0.25) is 9.78 Å². The van der Waals surface area contributed by atoms with E-state index in [1.807, 2.05) is 55.2 Å². The van der Waals surface area contributed by atoms with Gasteiger partial charge in [-0.1, -0.05) is 12.1 Å². The maximum Gasteiger partial charge on any atom is 0.230 e. The van der Waals surface area contributed by atoms with E-state index >= 15 is 0 Å². The Morgan fingerprint density at radius 2 is 1.71 bits per heavy atom. The molecule has 0 bridgehead atoms. The van der Waals surface area contributed by atoms with E-state index in [1.54, 1.807) is 7.11 Å². The van der Waals surface area contributed by atoms with Gasteiger partial charge in [-0.2, -0.15) is 0 Å². The first-order valence-corrected chi connectivity index (χ1v) is 15.1. The third-order valence-electron chi connectivity index (χ3n) is 8.99. The lowest BCUT2D eigenvalue weighted by Gasteiger charge is -2.35. The third kappa shape index (κ3) is 6.89. The molecule has 1 amide bonds. The molecule has 2 aliphatic carbocycles. The molecule has 7 nitrogen and oxygen atoms in total.